The SMILES string of the molecule is CC1CN(CC2CCN(C(=O)COc3ccc(Cl)c(Cl)c3)CC2)CC(C)O1. The molecule has 3 rings (SSSR count). The van der Waals surface area contributed by atoms with E-state index in [9.17, 15) is 4.79 Å². The van der Waals surface area contributed by atoms with E-state index >= 15 is 0 Å². The number of benzene rings is 1. The molecule has 0 aromatic heterocycles. The van der Waals surface area contributed by atoms with Crippen molar-refractivity contribution < 1.29 is 14.3 Å². The normalized spacial score (nSPS) is 24.8. The van der Waals surface area contributed by atoms with Crippen LogP contribution in [0.1, 0.15) is 26.7 Å². The summed E-state index contributed by atoms with van der Waals surface area (Å²) in [6, 6.07) is 5.02. The van der Waals surface area contributed by atoms with Gasteiger partial charge in [0, 0.05) is 38.8 Å². The first-order valence-electron chi connectivity index (χ1n) is 9.64. The number of likely N-dealkylation sites (tertiary alicyclic amines) is 1. The van der Waals surface area contributed by atoms with Crippen molar-refractivity contribution in [2.45, 2.75) is 38.9 Å². The summed E-state index contributed by atoms with van der Waals surface area (Å²) in [5.41, 5.74) is 0. The van der Waals surface area contributed by atoms with Gasteiger partial charge in [-0.3, -0.25) is 9.69 Å². The van der Waals surface area contributed by atoms with Crippen LogP contribution in [0.2, 0.25) is 10.0 Å². The monoisotopic (exact) mass is 414 g/mol. The van der Waals surface area contributed by atoms with E-state index in [2.05, 4.69) is 18.7 Å². The average molecular weight is 415 g/mol. The van der Waals surface area contributed by atoms with Gasteiger partial charge in [-0.05, 0) is 44.7 Å². The third-order valence-electron chi connectivity index (χ3n) is 5.23. The van der Waals surface area contributed by atoms with Crippen molar-refractivity contribution >= 4 is 29.1 Å². The highest BCUT2D eigenvalue weighted by Crippen LogP contribution is 2.26. The highest BCUT2D eigenvalue weighted by molar-refractivity contribution is 6.42. The molecule has 2 aliphatic heterocycles. The van der Waals surface area contributed by atoms with Crippen LogP contribution in [0.15, 0.2) is 18.2 Å². The lowest BCUT2D eigenvalue weighted by atomic mass is 9.95. The molecule has 2 heterocycles. The minimum atomic E-state index is 0.0214. The summed E-state index contributed by atoms with van der Waals surface area (Å²) < 4.78 is 11.4. The summed E-state index contributed by atoms with van der Waals surface area (Å²) in [4.78, 5) is 16.8. The number of morpholine rings is 1. The van der Waals surface area contributed by atoms with Crippen LogP contribution >= 0.6 is 23.2 Å². The summed E-state index contributed by atoms with van der Waals surface area (Å²) in [5, 5.41) is 0.899. The molecular formula is C20H28Cl2N2O3. The molecule has 0 aliphatic carbocycles. The molecule has 0 N–H and O–H groups in total. The van der Waals surface area contributed by atoms with Crippen molar-refractivity contribution in [3.63, 3.8) is 0 Å². The van der Waals surface area contributed by atoms with E-state index in [0.717, 1.165) is 45.6 Å². The Balaban J connectivity index is 1.40. The Morgan fingerprint density at radius 2 is 1.81 bits per heavy atom. The van der Waals surface area contributed by atoms with Crippen molar-refractivity contribution in [1.29, 1.82) is 0 Å². The molecule has 0 bridgehead atoms. The third kappa shape index (κ3) is 5.98. The molecule has 27 heavy (non-hydrogen) atoms. The highest BCUT2D eigenvalue weighted by atomic mass is 35.5. The molecule has 7 heteroatoms. The summed E-state index contributed by atoms with van der Waals surface area (Å²) in [6.07, 6.45) is 2.68. The summed E-state index contributed by atoms with van der Waals surface area (Å²) in [7, 11) is 0. The zero-order chi connectivity index (χ0) is 19.4. The number of hydrogen-bond donors (Lipinski definition) is 0. The molecule has 2 unspecified atom stereocenters. The zero-order valence-electron chi connectivity index (χ0n) is 16.0. The second kappa shape index (κ2) is 9.46. The van der Waals surface area contributed by atoms with Crippen LogP contribution in [0, 0.1) is 5.92 Å². The van der Waals surface area contributed by atoms with E-state index in [1.165, 1.54) is 0 Å². The molecule has 0 saturated carbocycles. The van der Waals surface area contributed by atoms with Crippen LogP contribution in [0.4, 0.5) is 0 Å². The van der Waals surface area contributed by atoms with Crippen LogP contribution in [-0.2, 0) is 9.53 Å². The second-order valence-corrected chi connectivity index (χ2v) is 8.48. The van der Waals surface area contributed by atoms with Crippen molar-refractivity contribution in [2.75, 3.05) is 39.3 Å². The van der Waals surface area contributed by atoms with Gasteiger partial charge in [-0.25, -0.2) is 0 Å². The first kappa shape index (κ1) is 20.7. The number of amides is 1. The number of nitrogens with zero attached hydrogens (tertiary/aromatic N) is 2. The Bertz CT molecular complexity index is 640. The van der Waals surface area contributed by atoms with Crippen molar-refractivity contribution in [3.8, 4) is 5.75 Å². The lowest BCUT2D eigenvalue weighted by molar-refractivity contribution is -0.135. The maximum Gasteiger partial charge on any atom is 0.260 e. The molecule has 2 aliphatic rings. The van der Waals surface area contributed by atoms with Gasteiger partial charge in [0.05, 0.1) is 22.3 Å². The number of piperidine rings is 1. The number of hydrogen-bond acceptors (Lipinski definition) is 4. The number of halogens is 2. The molecule has 2 saturated heterocycles. The molecule has 1 aromatic carbocycles. The molecule has 2 fully saturated rings. The first-order valence-corrected chi connectivity index (χ1v) is 10.4. The predicted molar refractivity (Wildman–Crippen MR) is 108 cm³/mol. The number of rotatable bonds is 5. The van der Waals surface area contributed by atoms with E-state index in [1.54, 1.807) is 18.2 Å². The van der Waals surface area contributed by atoms with Gasteiger partial charge in [0.1, 0.15) is 5.75 Å². The quantitative estimate of drug-likeness (QED) is 0.735. The Morgan fingerprint density at radius 3 is 2.44 bits per heavy atom. The Labute approximate surface area is 171 Å². The van der Waals surface area contributed by atoms with Crippen molar-refractivity contribution in [2.24, 2.45) is 5.92 Å². The molecule has 1 amide bonds. The Kier molecular flexibility index (Phi) is 7.26. The summed E-state index contributed by atoms with van der Waals surface area (Å²) in [5.74, 6) is 1.22. The van der Waals surface area contributed by atoms with Crippen LogP contribution < -0.4 is 4.74 Å². The largest absolute Gasteiger partial charge is 0.484 e. The third-order valence-corrected chi connectivity index (χ3v) is 5.97. The van der Waals surface area contributed by atoms with Gasteiger partial charge >= 0.3 is 0 Å². The van der Waals surface area contributed by atoms with Crippen LogP contribution in [0.25, 0.3) is 0 Å². The predicted octanol–water partition coefficient (Wildman–Crippen LogP) is 3.72. The Morgan fingerprint density at radius 1 is 1.15 bits per heavy atom. The van der Waals surface area contributed by atoms with Crippen LogP contribution in [0.5, 0.6) is 5.75 Å². The van der Waals surface area contributed by atoms with Gasteiger partial charge in [0.15, 0.2) is 6.61 Å². The van der Waals surface area contributed by atoms with Crippen LogP contribution in [-0.4, -0.2) is 67.2 Å². The lowest BCUT2D eigenvalue weighted by Crippen LogP contribution is -2.49. The molecule has 0 spiro atoms. The number of carbonyl (C=O) groups excluding carboxylic acids is 1. The van der Waals surface area contributed by atoms with E-state index in [1.807, 2.05) is 4.90 Å². The molecule has 5 nitrogen and oxygen atoms in total. The molecule has 150 valence electrons. The topological polar surface area (TPSA) is 42.0 Å². The summed E-state index contributed by atoms with van der Waals surface area (Å²) in [6.45, 7) is 8.99. The zero-order valence-corrected chi connectivity index (χ0v) is 17.5. The van der Waals surface area contributed by atoms with Gasteiger partial charge in [0.25, 0.3) is 5.91 Å². The minimum Gasteiger partial charge on any atom is -0.484 e. The number of carbonyl (C=O) groups is 1. The number of ether oxygens (including phenoxy) is 2. The van der Waals surface area contributed by atoms with Gasteiger partial charge in [-0.15, -0.1) is 0 Å². The second-order valence-electron chi connectivity index (χ2n) is 7.66. The van der Waals surface area contributed by atoms with Gasteiger partial charge in [-0.1, -0.05) is 23.2 Å². The molecule has 0 radical (unpaired) electrons. The molecule has 1 aromatic rings. The molecular weight excluding hydrogens is 387 g/mol. The van der Waals surface area contributed by atoms with E-state index in [4.69, 9.17) is 32.7 Å². The van der Waals surface area contributed by atoms with E-state index < -0.39 is 0 Å². The smallest absolute Gasteiger partial charge is 0.260 e. The average Bonchev–Trinajstić information content (AvgIpc) is 2.62. The van der Waals surface area contributed by atoms with E-state index in [-0.39, 0.29) is 12.5 Å². The maximum absolute atomic E-state index is 12.4. The minimum absolute atomic E-state index is 0.0214. The standard InChI is InChI=1S/C20H28Cl2N2O3/c1-14-10-23(11-15(2)27-14)12-16-5-7-24(8-6-16)20(25)13-26-17-3-4-18(21)19(22)9-17/h3-4,9,14-16H,5-8,10-13H2,1-2H3. The fourth-order valence-corrected chi connectivity index (χ4v) is 4.25. The molecule has 2 atom stereocenters. The first-order chi connectivity index (χ1) is 12.9. The van der Waals surface area contributed by atoms with E-state index in [0.29, 0.717) is 33.9 Å². The fourth-order valence-electron chi connectivity index (χ4n) is 3.97. The van der Waals surface area contributed by atoms with Gasteiger partial charge in [-0.2, -0.15) is 0 Å². The maximum atomic E-state index is 12.4. The van der Waals surface area contributed by atoms with Gasteiger partial charge in [0.2, 0.25) is 0 Å². The Hall–Kier alpha value is -1.01. The highest BCUT2D eigenvalue weighted by Gasteiger charge is 2.28. The fraction of sp³-hybridized carbons (Fsp3) is 0.650. The van der Waals surface area contributed by atoms with Crippen molar-refractivity contribution in [1.82, 2.24) is 9.80 Å². The summed E-state index contributed by atoms with van der Waals surface area (Å²) >= 11 is 11.9. The van der Waals surface area contributed by atoms with Crippen LogP contribution in [0.3, 0.4) is 0 Å². The van der Waals surface area contributed by atoms with Crippen molar-refractivity contribution in [3.05, 3.63) is 28.2 Å². The van der Waals surface area contributed by atoms with Gasteiger partial charge < -0.3 is 14.4 Å². The lowest BCUT2D eigenvalue weighted by Gasteiger charge is -2.39.